The van der Waals surface area contributed by atoms with E-state index >= 15 is 0 Å². The number of aromatic nitrogens is 3. The van der Waals surface area contributed by atoms with Crippen molar-refractivity contribution < 1.29 is 0 Å². The Morgan fingerprint density at radius 1 is 0.881 bits per heavy atom. The highest BCUT2D eigenvalue weighted by Crippen LogP contribution is 2.68. The summed E-state index contributed by atoms with van der Waals surface area (Å²) in [7, 11) is 0. The van der Waals surface area contributed by atoms with Crippen molar-refractivity contribution in [3.05, 3.63) is 35.5 Å². The summed E-state index contributed by atoms with van der Waals surface area (Å²) >= 11 is 0. The maximum atomic E-state index is 4.83. The van der Waals surface area contributed by atoms with Gasteiger partial charge in [-0.25, -0.2) is 0 Å². The van der Waals surface area contributed by atoms with Crippen molar-refractivity contribution in [1.82, 2.24) is 15.0 Å². The van der Waals surface area contributed by atoms with Crippen molar-refractivity contribution in [2.24, 2.45) is 28.6 Å². The molecule has 0 aromatic carbocycles. The van der Waals surface area contributed by atoms with Crippen LogP contribution < -0.4 is 16.0 Å². The van der Waals surface area contributed by atoms with Gasteiger partial charge in [0, 0.05) is 13.1 Å². The van der Waals surface area contributed by atoms with Gasteiger partial charge in [-0.15, -0.1) is 0 Å². The summed E-state index contributed by atoms with van der Waals surface area (Å²) in [5.74, 6) is 3.97. The molecule has 1 aromatic heterocycles. The monoisotopic (exact) mass is 576 g/mol. The minimum absolute atomic E-state index is 0.0118. The van der Waals surface area contributed by atoms with Gasteiger partial charge in [-0.1, -0.05) is 111 Å². The number of anilines is 3. The van der Waals surface area contributed by atoms with Crippen LogP contribution in [0.3, 0.4) is 0 Å². The molecule has 4 rings (SSSR count). The van der Waals surface area contributed by atoms with E-state index in [1.54, 1.807) is 5.57 Å². The second-order valence-corrected chi connectivity index (χ2v) is 14.2. The molecular weight excluding hydrogens is 516 g/mol. The van der Waals surface area contributed by atoms with Crippen molar-refractivity contribution in [2.45, 2.75) is 132 Å². The molecular formula is C36H60N6. The summed E-state index contributed by atoms with van der Waals surface area (Å²) in [5.41, 5.74) is 5.06. The minimum atomic E-state index is 0.0118. The van der Waals surface area contributed by atoms with E-state index in [0.717, 1.165) is 38.3 Å². The lowest BCUT2D eigenvalue weighted by Crippen LogP contribution is -2.29. The average molecular weight is 577 g/mol. The third kappa shape index (κ3) is 7.22. The molecule has 6 nitrogen and oxygen atoms in total. The van der Waals surface area contributed by atoms with E-state index in [0.29, 0.717) is 40.5 Å². The van der Waals surface area contributed by atoms with Gasteiger partial charge < -0.3 is 16.0 Å². The van der Waals surface area contributed by atoms with Gasteiger partial charge in [-0.3, -0.25) is 0 Å². The molecule has 0 amide bonds. The smallest absolute Gasteiger partial charge is 0.230 e. The molecule has 5 atom stereocenters. The second-order valence-electron chi connectivity index (χ2n) is 14.2. The molecule has 1 aromatic rings. The molecule has 42 heavy (non-hydrogen) atoms. The van der Waals surface area contributed by atoms with Crippen LogP contribution in [0.2, 0.25) is 0 Å². The van der Waals surface area contributed by atoms with E-state index < -0.39 is 0 Å². The summed E-state index contributed by atoms with van der Waals surface area (Å²) < 4.78 is 0. The summed E-state index contributed by atoms with van der Waals surface area (Å²) in [6, 6.07) is 0.0118. The fraction of sp³-hybridized carbons (Fsp3) is 0.750. The quantitative estimate of drug-likeness (QED) is 0.170. The van der Waals surface area contributed by atoms with Crippen LogP contribution in [0.4, 0.5) is 17.8 Å². The molecule has 0 saturated heterocycles. The minimum Gasteiger partial charge on any atom is -0.354 e. The Labute approximate surface area is 257 Å². The Kier molecular flexibility index (Phi) is 11.2. The van der Waals surface area contributed by atoms with Gasteiger partial charge in [-0.05, 0) is 78.3 Å². The molecule has 1 heterocycles. The van der Waals surface area contributed by atoms with Crippen LogP contribution in [-0.2, 0) is 0 Å². The van der Waals surface area contributed by atoms with Crippen LogP contribution in [0.1, 0.15) is 126 Å². The highest BCUT2D eigenvalue weighted by molar-refractivity contribution is 5.50. The van der Waals surface area contributed by atoms with Crippen molar-refractivity contribution in [1.29, 1.82) is 0 Å². The number of hydrogen-bond donors (Lipinski definition) is 3. The first-order valence-electron chi connectivity index (χ1n) is 17.2. The zero-order valence-corrected chi connectivity index (χ0v) is 27.9. The van der Waals surface area contributed by atoms with E-state index in [4.69, 9.17) is 15.0 Å². The van der Waals surface area contributed by atoms with Gasteiger partial charge in [0.1, 0.15) is 0 Å². The van der Waals surface area contributed by atoms with Crippen LogP contribution >= 0.6 is 0 Å². The standard InChI is InChI=1S/C36H60N6/c1-9-13-15-26(11-3)23-37-32-40-33(38-24-27(12-4)16-14-10-2)42-34(41-32)39-31-18-17-28(21-25(31)5)30-22-29-19-20-36(30,8)35(29,6)7/h17-18,26-27,29,31H,5,9-16,19-24H2,1-4,6-8H3,(H3,37,38,39,40,41,42). The fourth-order valence-electron chi connectivity index (χ4n) is 7.67. The normalized spacial score (nSPS) is 27.7. The zero-order chi connectivity index (χ0) is 30.3. The van der Waals surface area contributed by atoms with Crippen LogP contribution in [0.25, 0.3) is 0 Å². The number of rotatable bonds is 16. The van der Waals surface area contributed by atoms with Gasteiger partial charge in [-0.2, -0.15) is 15.0 Å². The number of unbranched alkanes of at least 4 members (excludes halogenated alkanes) is 2. The number of hydrogen-bond acceptors (Lipinski definition) is 6. The van der Waals surface area contributed by atoms with Gasteiger partial charge in [0.25, 0.3) is 0 Å². The van der Waals surface area contributed by atoms with Crippen molar-refractivity contribution >= 4 is 17.8 Å². The molecule has 2 fully saturated rings. The molecule has 6 heteroatoms. The topological polar surface area (TPSA) is 74.8 Å². The van der Waals surface area contributed by atoms with E-state index in [2.05, 4.69) is 83.1 Å². The maximum Gasteiger partial charge on any atom is 0.230 e. The van der Waals surface area contributed by atoms with E-state index in [9.17, 15) is 0 Å². The third-order valence-corrected chi connectivity index (χ3v) is 11.4. The van der Waals surface area contributed by atoms with Crippen molar-refractivity contribution in [2.75, 3.05) is 29.0 Å². The SMILES string of the molecule is C=C1CC(=C2CC3CCC2(C)C3(C)C)C=CC1Nc1nc(NCC(CC)CCCC)nc(NCC(CC)CCCC)n1. The Morgan fingerprint density at radius 3 is 1.90 bits per heavy atom. The predicted molar refractivity (Wildman–Crippen MR) is 180 cm³/mol. The van der Waals surface area contributed by atoms with Gasteiger partial charge >= 0.3 is 0 Å². The first-order valence-corrected chi connectivity index (χ1v) is 17.2. The van der Waals surface area contributed by atoms with Crippen molar-refractivity contribution in [3.63, 3.8) is 0 Å². The summed E-state index contributed by atoms with van der Waals surface area (Å²) in [5, 5.41) is 10.7. The predicted octanol–water partition coefficient (Wildman–Crippen LogP) is 9.57. The van der Waals surface area contributed by atoms with Crippen LogP contribution in [0.15, 0.2) is 35.5 Å². The summed E-state index contributed by atoms with van der Waals surface area (Å²) in [4.78, 5) is 14.5. The van der Waals surface area contributed by atoms with Gasteiger partial charge in [0.05, 0.1) is 6.04 Å². The lowest BCUT2D eigenvalue weighted by Gasteiger charge is -2.37. The molecule has 3 aliphatic carbocycles. The molecule has 5 unspecified atom stereocenters. The van der Waals surface area contributed by atoms with Crippen molar-refractivity contribution in [3.8, 4) is 0 Å². The third-order valence-electron chi connectivity index (χ3n) is 11.4. The molecule has 2 saturated carbocycles. The lowest BCUT2D eigenvalue weighted by atomic mass is 9.67. The highest BCUT2D eigenvalue weighted by Gasteiger charge is 2.59. The molecule has 3 aliphatic rings. The molecule has 2 bridgehead atoms. The average Bonchev–Trinajstić information content (AvgIpc) is 3.32. The second kappa shape index (κ2) is 14.4. The number of nitrogens with zero attached hydrogens (tertiary/aromatic N) is 3. The molecule has 0 aliphatic heterocycles. The molecule has 0 spiro atoms. The first-order chi connectivity index (χ1) is 20.1. The number of allylic oxidation sites excluding steroid dienone is 3. The van der Waals surface area contributed by atoms with Crippen LogP contribution in [0, 0.1) is 28.6 Å². The molecule has 0 radical (unpaired) electrons. The van der Waals surface area contributed by atoms with Crippen LogP contribution in [-0.4, -0.2) is 34.1 Å². The summed E-state index contributed by atoms with van der Waals surface area (Å²) in [6.45, 7) is 22.9. The van der Waals surface area contributed by atoms with E-state index in [1.165, 1.54) is 68.9 Å². The zero-order valence-electron chi connectivity index (χ0n) is 27.9. The van der Waals surface area contributed by atoms with E-state index in [-0.39, 0.29) is 6.04 Å². The molecule has 3 N–H and O–H groups in total. The number of fused-ring (bicyclic) bond motifs is 2. The van der Waals surface area contributed by atoms with E-state index in [1.807, 2.05) is 0 Å². The highest BCUT2D eigenvalue weighted by atomic mass is 15.3. The van der Waals surface area contributed by atoms with Crippen LogP contribution in [0.5, 0.6) is 0 Å². The lowest BCUT2D eigenvalue weighted by molar-refractivity contribution is 0.178. The Hall–Kier alpha value is -2.37. The molecule has 234 valence electrons. The maximum absolute atomic E-state index is 4.83. The largest absolute Gasteiger partial charge is 0.354 e. The Balaban J connectivity index is 1.50. The van der Waals surface area contributed by atoms with Gasteiger partial charge in [0.15, 0.2) is 0 Å². The Bertz CT molecular complexity index is 1080. The summed E-state index contributed by atoms with van der Waals surface area (Å²) in [6.07, 6.45) is 19.3. The fourth-order valence-corrected chi connectivity index (χ4v) is 7.67. The van der Waals surface area contributed by atoms with Gasteiger partial charge in [0.2, 0.25) is 17.8 Å². The Morgan fingerprint density at radius 2 is 1.45 bits per heavy atom. The first kappa shape index (κ1) is 32.5. The number of nitrogens with one attached hydrogen (secondary N) is 3.